The summed E-state index contributed by atoms with van der Waals surface area (Å²) in [6, 6.07) is 8.85. The van der Waals surface area contributed by atoms with Crippen LogP contribution in [-0.4, -0.2) is 35.9 Å². The van der Waals surface area contributed by atoms with Gasteiger partial charge in [-0.3, -0.25) is 4.79 Å². The number of benzene rings is 1. The van der Waals surface area contributed by atoms with Crippen molar-refractivity contribution in [3.05, 3.63) is 35.4 Å². The van der Waals surface area contributed by atoms with E-state index in [2.05, 4.69) is 6.07 Å². The van der Waals surface area contributed by atoms with Crippen LogP contribution in [0.25, 0.3) is 0 Å². The van der Waals surface area contributed by atoms with Crippen molar-refractivity contribution in [3.63, 3.8) is 0 Å². The van der Waals surface area contributed by atoms with Gasteiger partial charge in [-0.1, -0.05) is 12.1 Å². The van der Waals surface area contributed by atoms with Gasteiger partial charge in [-0.2, -0.15) is 17.0 Å². The molecule has 1 aromatic rings. The Morgan fingerprint density at radius 2 is 2.11 bits per heavy atom. The SMILES string of the molecule is CSCC[C@@H](N)C(=O)N(C)Cc1ccc(C#N)cc1. The van der Waals surface area contributed by atoms with E-state index in [1.54, 1.807) is 35.8 Å². The highest BCUT2D eigenvalue weighted by Gasteiger charge is 2.17. The van der Waals surface area contributed by atoms with Gasteiger partial charge < -0.3 is 10.6 Å². The molecule has 0 aliphatic carbocycles. The minimum Gasteiger partial charge on any atom is -0.340 e. The molecule has 0 fully saturated rings. The van der Waals surface area contributed by atoms with Crippen LogP contribution in [0, 0.1) is 11.3 Å². The molecule has 1 rings (SSSR count). The average Bonchev–Trinajstić information content (AvgIpc) is 2.44. The molecule has 19 heavy (non-hydrogen) atoms. The van der Waals surface area contributed by atoms with Gasteiger partial charge in [-0.05, 0) is 36.1 Å². The fraction of sp³-hybridized carbons (Fsp3) is 0.429. The van der Waals surface area contributed by atoms with Crippen molar-refractivity contribution in [1.29, 1.82) is 5.26 Å². The molecule has 0 aromatic heterocycles. The molecule has 0 saturated carbocycles. The van der Waals surface area contributed by atoms with Crippen LogP contribution in [0.1, 0.15) is 17.5 Å². The lowest BCUT2D eigenvalue weighted by molar-refractivity contribution is -0.131. The zero-order valence-corrected chi connectivity index (χ0v) is 12.1. The summed E-state index contributed by atoms with van der Waals surface area (Å²) in [5, 5.41) is 8.72. The standard InChI is InChI=1S/C14H19N3OS/c1-17(14(18)13(16)7-8-19-2)10-12-5-3-11(9-15)4-6-12/h3-6,13H,7-8,10,16H2,1-2H3/t13-/m1/s1. The lowest BCUT2D eigenvalue weighted by Crippen LogP contribution is -2.41. The average molecular weight is 277 g/mol. The van der Waals surface area contributed by atoms with Crippen molar-refractivity contribution in [3.8, 4) is 6.07 Å². The normalized spacial score (nSPS) is 11.7. The number of carbonyl (C=O) groups is 1. The van der Waals surface area contributed by atoms with E-state index in [1.165, 1.54) is 0 Å². The number of carbonyl (C=O) groups excluding carboxylic acids is 1. The first-order chi connectivity index (χ1) is 9.08. The van der Waals surface area contributed by atoms with Crippen LogP contribution < -0.4 is 5.73 Å². The molecule has 0 aliphatic heterocycles. The maximum absolute atomic E-state index is 12.0. The third-order valence-corrected chi connectivity index (χ3v) is 3.47. The fourth-order valence-corrected chi connectivity index (χ4v) is 2.18. The number of nitrogens with zero attached hydrogens (tertiary/aromatic N) is 2. The molecule has 5 heteroatoms. The van der Waals surface area contributed by atoms with Gasteiger partial charge in [0.15, 0.2) is 0 Å². The molecule has 1 amide bonds. The molecule has 0 spiro atoms. The van der Waals surface area contributed by atoms with E-state index in [-0.39, 0.29) is 5.91 Å². The van der Waals surface area contributed by atoms with Crippen molar-refractivity contribution in [1.82, 2.24) is 4.90 Å². The van der Waals surface area contributed by atoms with E-state index in [0.717, 1.165) is 11.3 Å². The van der Waals surface area contributed by atoms with Crippen LogP contribution in [0.2, 0.25) is 0 Å². The molecule has 0 saturated heterocycles. The molecular weight excluding hydrogens is 258 g/mol. The van der Waals surface area contributed by atoms with E-state index in [1.807, 2.05) is 18.4 Å². The summed E-state index contributed by atoms with van der Waals surface area (Å²) in [6.07, 6.45) is 2.69. The van der Waals surface area contributed by atoms with Gasteiger partial charge in [0.2, 0.25) is 5.91 Å². The zero-order chi connectivity index (χ0) is 14.3. The Kier molecular flexibility index (Phi) is 6.40. The van der Waals surface area contributed by atoms with E-state index in [0.29, 0.717) is 18.5 Å². The molecule has 0 unspecified atom stereocenters. The first-order valence-electron chi connectivity index (χ1n) is 6.07. The van der Waals surface area contributed by atoms with Crippen LogP contribution >= 0.6 is 11.8 Å². The molecule has 4 nitrogen and oxygen atoms in total. The third-order valence-electron chi connectivity index (χ3n) is 2.83. The first kappa shape index (κ1) is 15.5. The summed E-state index contributed by atoms with van der Waals surface area (Å²) in [6.45, 7) is 0.511. The number of amides is 1. The summed E-state index contributed by atoms with van der Waals surface area (Å²) >= 11 is 1.69. The summed E-state index contributed by atoms with van der Waals surface area (Å²) in [5.74, 6) is 0.843. The van der Waals surface area contributed by atoms with Crippen molar-refractivity contribution < 1.29 is 4.79 Å². The Bertz CT molecular complexity index is 453. The monoisotopic (exact) mass is 277 g/mol. The van der Waals surface area contributed by atoms with E-state index in [4.69, 9.17) is 11.0 Å². The maximum Gasteiger partial charge on any atom is 0.239 e. The Labute approximate surface area is 118 Å². The molecule has 0 bridgehead atoms. The summed E-state index contributed by atoms with van der Waals surface area (Å²) in [5.41, 5.74) is 7.47. The molecular formula is C14H19N3OS. The van der Waals surface area contributed by atoms with Gasteiger partial charge in [-0.15, -0.1) is 0 Å². The number of nitriles is 1. The second-order valence-electron chi connectivity index (χ2n) is 4.39. The second-order valence-corrected chi connectivity index (χ2v) is 5.38. The highest BCUT2D eigenvalue weighted by Crippen LogP contribution is 2.08. The highest BCUT2D eigenvalue weighted by molar-refractivity contribution is 7.98. The first-order valence-corrected chi connectivity index (χ1v) is 7.46. The fourth-order valence-electron chi connectivity index (χ4n) is 1.69. The number of hydrogen-bond acceptors (Lipinski definition) is 4. The molecule has 0 radical (unpaired) electrons. The Hall–Kier alpha value is -1.51. The molecule has 102 valence electrons. The van der Waals surface area contributed by atoms with E-state index in [9.17, 15) is 4.79 Å². The minimum absolute atomic E-state index is 0.0431. The summed E-state index contributed by atoms with van der Waals surface area (Å²) in [4.78, 5) is 13.6. The second kappa shape index (κ2) is 7.82. The van der Waals surface area contributed by atoms with Crippen molar-refractivity contribution >= 4 is 17.7 Å². The number of nitrogens with two attached hydrogens (primary N) is 1. The summed E-state index contributed by atoms with van der Waals surface area (Å²) in [7, 11) is 1.75. The Balaban J connectivity index is 2.55. The van der Waals surface area contributed by atoms with Crippen LogP contribution in [-0.2, 0) is 11.3 Å². The quantitative estimate of drug-likeness (QED) is 0.857. The molecule has 0 heterocycles. The van der Waals surface area contributed by atoms with Crippen LogP contribution in [0.5, 0.6) is 0 Å². The Morgan fingerprint density at radius 1 is 1.47 bits per heavy atom. The Morgan fingerprint density at radius 3 is 2.63 bits per heavy atom. The van der Waals surface area contributed by atoms with Crippen molar-refractivity contribution in [2.75, 3.05) is 19.1 Å². The number of hydrogen-bond donors (Lipinski definition) is 1. The largest absolute Gasteiger partial charge is 0.340 e. The van der Waals surface area contributed by atoms with Gasteiger partial charge in [-0.25, -0.2) is 0 Å². The van der Waals surface area contributed by atoms with E-state index < -0.39 is 6.04 Å². The minimum atomic E-state index is -0.434. The van der Waals surface area contributed by atoms with Gasteiger partial charge in [0.05, 0.1) is 17.7 Å². The van der Waals surface area contributed by atoms with Gasteiger partial charge >= 0.3 is 0 Å². The smallest absolute Gasteiger partial charge is 0.239 e. The van der Waals surface area contributed by atoms with Crippen LogP contribution in [0.15, 0.2) is 24.3 Å². The molecule has 1 aromatic carbocycles. The van der Waals surface area contributed by atoms with Crippen LogP contribution in [0.3, 0.4) is 0 Å². The number of thioether (sulfide) groups is 1. The van der Waals surface area contributed by atoms with Crippen molar-refractivity contribution in [2.24, 2.45) is 5.73 Å². The maximum atomic E-state index is 12.0. The van der Waals surface area contributed by atoms with Gasteiger partial charge in [0, 0.05) is 13.6 Å². The topological polar surface area (TPSA) is 70.1 Å². The highest BCUT2D eigenvalue weighted by atomic mass is 32.2. The molecule has 2 N–H and O–H groups in total. The lowest BCUT2D eigenvalue weighted by Gasteiger charge is -2.21. The lowest BCUT2D eigenvalue weighted by atomic mass is 10.1. The van der Waals surface area contributed by atoms with E-state index >= 15 is 0 Å². The van der Waals surface area contributed by atoms with Gasteiger partial charge in [0.1, 0.15) is 0 Å². The zero-order valence-electron chi connectivity index (χ0n) is 11.3. The predicted molar refractivity (Wildman–Crippen MR) is 78.6 cm³/mol. The number of rotatable bonds is 6. The third kappa shape index (κ3) is 4.93. The van der Waals surface area contributed by atoms with Gasteiger partial charge in [0.25, 0.3) is 0 Å². The number of likely N-dealkylation sites (N-methyl/N-ethyl adjacent to an activating group) is 1. The molecule has 0 aliphatic rings. The predicted octanol–water partition coefficient (Wildman–Crippen LogP) is 1.60. The van der Waals surface area contributed by atoms with Crippen molar-refractivity contribution in [2.45, 2.75) is 19.0 Å². The van der Waals surface area contributed by atoms with Crippen LogP contribution in [0.4, 0.5) is 0 Å². The molecule has 1 atom stereocenters. The summed E-state index contributed by atoms with van der Waals surface area (Å²) < 4.78 is 0.